The van der Waals surface area contributed by atoms with Crippen LogP contribution in [0.2, 0.25) is 0 Å². The van der Waals surface area contributed by atoms with Gasteiger partial charge in [-0.1, -0.05) is 0 Å². The van der Waals surface area contributed by atoms with Gasteiger partial charge in [0.05, 0.1) is 43.4 Å². The van der Waals surface area contributed by atoms with Gasteiger partial charge in [-0.05, 0) is 19.1 Å². The van der Waals surface area contributed by atoms with Crippen LogP contribution in [0.3, 0.4) is 0 Å². The number of methoxy groups -OCH3 is 3. The predicted molar refractivity (Wildman–Crippen MR) is 111 cm³/mol. The van der Waals surface area contributed by atoms with Crippen molar-refractivity contribution < 1.29 is 14.2 Å². The Morgan fingerprint density at radius 1 is 1.00 bits per heavy atom. The SMILES string of the molecule is COc1cc(-c2cc3nc(Cc4csc(C)n4)cc(=O)n3[nH]2)cc(OC)c1OC. The molecule has 4 aromatic rings. The molecule has 3 aromatic heterocycles. The smallest absolute Gasteiger partial charge is 0.272 e. The molecule has 0 saturated carbocycles. The summed E-state index contributed by atoms with van der Waals surface area (Å²) in [7, 11) is 4.67. The van der Waals surface area contributed by atoms with Gasteiger partial charge in [-0.3, -0.25) is 9.89 Å². The van der Waals surface area contributed by atoms with E-state index in [9.17, 15) is 4.79 Å². The van der Waals surface area contributed by atoms with Gasteiger partial charge in [0.15, 0.2) is 17.1 Å². The van der Waals surface area contributed by atoms with Gasteiger partial charge < -0.3 is 14.2 Å². The maximum atomic E-state index is 12.6. The number of fused-ring (bicyclic) bond motifs is 1. The summed E-state index contributed by atoms with van der Waals surface area (Å²) in [6, 6.07) is 6.97. The van der Waals surface area contributed by atoms with Gasteiger partial charge >= 0.3 is 0 Å². The van der Waals surface area contributed by atoms with Crippen LogP contribution in [0.1, 0.15) is 16.4 Å². The molecule has 8 nitrogen and oxygen atoms in total. The molecule has 1 N–H and O–H groups in total. The van der Waals surface area contributed by atoms with E-state index in [0.29, 0.717) is 40.7 Å². The maximum absolute atomic E-state index is 12.6. The minimum absolute atomic E-state index is 0.185. The Kier molecular flexibility index (Phi) is 4.98. The summed E-state index contributed by atoms with van der Waals surface area (Å²) < 4.78 is 17.6. The second kappa shape index (κ2) is 7.59. The normalized spacial score (nSPS) is 11.0. The van der Waals surface area contributed by atoms with Crippen molar-refractivity contribution in [3.05, 3.63) is 56.4 Å². The number of benzene rings is 1. The topological polar surface area (TPSA) is 90.7 Å². The molecule has 0 radical (unpaired) electrons. The summed E-state index contributed by atoms with van der Waals surface area (Å²) in [4.78, 5) is 21.7. The number of aromatic nitrogens is 4. The number of aryl methyl sites for hydroxylation is 1. The van der Waals surface area contributed by atoms with E-state index < -0.39 is 0 Å². The van der Waals surface area contributed by atoms with Gasteiger partial charge in [-0.25, -0.2) is 14.5 Å². The van der Waals surface area contributed by atoms with Gasteiger partial charge in [0.2, 0.25) is 5.75 Å². The van der Waals surface area contributed by atoms with Gasteiger partial charge in [-0.2, -0.15) is 0 Å². The molecular weight excluding hydrogens is 392 g/mol. The first kappa shape index (κ1) is 19.0. The van der Waals surface area contributed by atoms with Crippen molar-refractivity contribution >= 4 is 17.0 Å². The average molecular weight is 412 g/mol. The van der Waals surface area contributed by atoms with E-state index in [1.807, 2.05) is 30.5 Å². The summed E-state index contributed by atoms with van der Waals surface area (Å²) >= 11 is 1.58. The van der Waals surface area contributed by atoms with Crippen LogP contribution in [-0.4, -0.2) is 40.9 Å². The molecule has 150 valence electrons. The van der Waals surface area contributed by atoms with Crippen LogP contribution < -0.4 is 19.8 Å². The Balaban J connectivity index is 1.78. The predicted octanol–water partition coefficient (Wildman–Crippen LogP) is 3.07. The first-order valence-electron chi connectivity index (χ1n) is 8.85. The highest BCUT2D eigenvalue weighted by Crippen LogP contribution is 2.40. The molecule has 0 fully saturated rings. The van der Waals surface area contributed by atoms with Gasteiger partial charge in [0.25, 0.3) is 5.56 Å². The number of ether oxygens (including phenoxy) is 3. The van der Waals surface area contributed by atoms with Crippen molar-refractivity contribution in [1.29, 1.82) is 0 Å². The third kappa shape index (κ3) is 3.56. The highest BCUT2D eigenvalue weighted by atomic mass is 32.1. The molecule has 29 heavy (non-hydrogen) atoms. The molecular formula is C20H20N4O4S. The zero-order chi connectivity index (χ0) is 20.5. The molecule has 1 aromatic carbocycles. The summed E-state index contributed by atoms with van der Waals surface area (Å²) in [5.41, 5.74) is 3.41. The molecule has 0 aliphatic carbocycles. The molecule has 3 heterocycles. The van der Waals surface area contributed by atoms with E-state index in [2.05, 4.69) is 15.1 Å². The number of thiazole rings is 1. The van der Waals surface area contributed by atoms with E-state index in [4.69, 9.17) is 14.2 Å². The fraction of sp³-hybridized carbons (Fsp3) is 0.250. The molecule has 9 heteroatoms. The Morgan fingerprint density at radius 3 is 2.31 bits per heavy atom. The van der Waals surface area contributed by atoms with E-state index in [1.165, 1.54) is 10.6 Å². The van der Waals surface area contributed by atoms with Crippen molar-refractivity contribution in [2.24, 2.45) is 0 Å². The van der Waals surface area contributed by atoms with Gasteiger partial charge in [0.1, 0.15) is 0 Å². The first-order chi connectivity index (χ1) is 14.0. The monoisotopic (exact) mass is 412 g/mol. The van der Waals surface area contributed by atoms with Gasteiger partial charge in [-0.15, -0.1) is 11.3 Å². The number of hydrogen-bond acceptors (Lipinski definition) is 7. The lowest BCUT2D eigenvalue weighted by Gasteiger charge is -2.13. The molecule has 0 aliphatic heterocycles. The van der Waals surface area contributed by atoms with E-state index in [1.54, 1.807) is 32.7 Å². The average Bonchev–Trinajstić information content (AvgIpc) is 3.33. The number of aromatic amines is 1. The van der Waals surface area contributed by atoms with Crippen molar-refractivity contribution in [2.75, 3.05) is 21.3 Å². The fourth-order valence-electron chi connectivity index (χ4n) is 3.19. The molecule has 0 unspecified atom stereocenters. The molecule has 4 rings (SSSR count). The first-order valence-corrected chi connectivity index (χ1v) is 9.73. The Morgan fingerprint density at radius 2 is 1.72 bits per heavy atom. The van der Waals surface area contributed by atoms with Crippen molar-refractivity contribution in [1.82, 2.24) is 19.6 Å². The molecule has 0 atom stereocenters. The van der Waals surface area contributed by atoms with E-state index >= 15 is 0 Å². The Labute approximate surface area is 170 Å². The third-order valence-corrected chi connectivity index (χ3v) is 5.33. The molecule has 0 aliphatic rings. The zero-order valence-corrected chi connectivity index (χ0v) is 17.3. The Bertz CT molecular complexity index is 1220. The van der Waals surface area contributed by atoms with E-state index in [0.717, 1.165) is 16.3 Å². The lowest BCUT2D eigenvalue weighted by atomic mass is 10.1. The van der Waals surface area contributed by atoms with Crippen LogP contribution in [0.25, 0.3) is 16.9 Å². The van der Waals surface area contributed by atoms with Gasteiger partial charge in [0, 0.05) is 29.5 Å². The standard InChI is InChI=1S/C20H20N4O4S/c1-11-21-14(10-29-11)7-13-8-19(25)24-18(22-13)9-15(23-24)12-5-16(26-2)20(28-4)17(6-12)27-3/h5-6,8-10,23H,7H2,1-4H3. The van der Waals surface area contributed by atoms with Crippen LogP contribution in [0.15, 0.2) is 34.4 Å². The lowest BCUT2D eigenvalue weighted by Crippen LogP contribution is -2.15. The summed E-state index contributed by atoms with van der Waals surface area (Å²) in [5.74, 6) is 1.56. The number of nitrogens with zero attached hydrogens (tertiary/aromatic N) is 3. The number of H-pyrrole nitrogens is 1. The molecule has 0 spiro atoms. The van der Waals surface area contributed by atoms with Crippen LogP contribution in [0.4, 0.5) is 0 Å². The lowest BCUT2D eigenvalue weighted by molar-refractivity contribution is 0.324. The van der Waals surface area contributed by atoms with E-state index in [-0.39, 0.29) is 5.56 Å². The zero-order valence-electron chi connectivity index (χ0n) is 16.5. The second-order valence-corrected chi connectivity index (χ2v) is 7.46. The summed E-state index contributed by atoms with van der Waals surface area (Å²) in [5, 5.41) is 6.06. The van der Waals surface area contributed by atoms with Crippen LogP contribution in [0, 0.1) is 6.92 Å². The van der Waals surface area contributed by atoms with Crippen LogP contribution in [-0.2, 0) is 6.42 Å². The molecule has 0 saturated heterocycles. The molecule has 0 bridgehead atoms. The fourth-order valence-corrected chi connectivity index (χ4v) is 3.80. The van der Waals surface area contributed by atoms with Crippen LogP contribution in [0.5, 0.6) is 17.2 Å². The minimum atomic E-state index is -0.185. The number of nitrogens with one attached hydrogen (secondary N) is 1. The third-order valence-electron chi connectivity index (χ3n) is 4.51. The van der Waals surface area contributed by atoms with Crippen molar-refractivity contribution in [2.45, 2.75) is 13.3 Å². The van der Waals surface area contributed by atoms with Crippen molar-refractivity contribution in [3.63, 3.8) is 0 Å². The highest BCUT2D eigenvalue weighted by molar-refractivity contribution is 7.09. The quantitative estimate of drug-likeness (QED) is 0.523. The second-order valence-electron chi connectivity index (χ2n) is 6.40. The summed E-state index contributed by atoms with van der Waals surface area (Å²) in [6.07, 6.45) is 0.515. The number of hydrogen-bond donors (Lipinski definition) is 1. The minimum Gasteiger partial charge on any atom is -0.493 e. The Hall–Kier alpha value is -3.33. The van der Waals surface area contributed by atoms with Crippen molar-refractivity contribution in [3.8, 4) is 28.5 Å². The highest BCUT2D eigenvalue weighted by Gasteiger charge is 2.16. The largest absolute Gasteiger partial charge is 0.493 e. The van der Waals surface area contributed by atoms with Crippen LogP contribution >= 0.6 is 11.3 Å². The molecule has 0 amide bonds. The maximum Gasteiger partial charge on any atom is 0.272 e. The number of rotatable bonds is 6. The summed E-state index contributed by atoms with van der Waals surface area (Å²) in [6.45, 7) is 1.95.